The van der Waals surface area contributed by atoms with E-state index in [1.165, 1.54) is 0 Å². The number of nitrogens with zero attached hydrogens (tertiary/aromatic N) is 4. The molecule has 2 aliphatic heterocycles. The number of nitrogens with two attached hydrogens (primary N) is 1. The van der Waals surface area contributed by atoms with Gasteiger partial charge < -0.3 is 19.5 Å². The Balaban J connectivity index is 1.78. The molecule has 2 aromatic heterocycles. The van der Waals surface area contributed by atoms with Crippen molar-refractivity contribution in [1.29, 1.82) is 0 Å². The fourth-order valence-electron chi connectivity index (χ4n) is 2.98. The van der Waals surface area contributed by atoms with Gasteiger partial charge in [0, 0.05) is 25.5 Å². The number of fused-ring (bicyclic) bond motifs is 3. The zero-order valence-electron chi connectivity index (χ0n) is 10.5. The molecule has 0 spiro atoms. The molecule has 7 heteroatoms. The molecule has 4 heterocycles. The van der Waals surface area contributed by atoms with Crippen molar-refractivity contribution in [2.75, 3.05) is 23.4 Å². The Morgan fingerprint density at radius 1 is 1.32 bits per heavy atom. The van der Waals surface area contributed by atoms with Crippen LogP contribution in [0.5, 0.6) is 0 Å². The van der Waals surface area contributed by atoms with Gasteiger partial charge in [-0.15, -0.1) is 0 Å². The molecule has 0 aromatic carbocycles. The van der Waals surface area contributed by atoms with Crippen molar-refractivity contribution in [1.82, 2.24) is 14.4 Å². The minimum absolute atomic E-state index is 0.324. The molecular formula is C12H16N6O. The van der Waals surface area contributed by atoms with E-state index in [1.54, 1.807) is 6.20 Å². The van der Waals surface area contributed by atoms with Crippen molar-refractivity contribution in [3.63, 3.8) is 0 Å². The average Bonchev–Trinajstić information content (AvgIpc) is 3.03. The third kappa shape index (κ3) is 1.73. The number of morpholine rings is 1. The first-order valence-corrected chi connectivity index (χ1v) is 6.54. The van der Waals surface area contributed by atoms with Gasteiger partial charge in [0.25, 0.3) is 0 Å². The topological polar surface area (TPSA) is 80.7 Å². The van der Waals surface area contributed by atoms with Crippen LogP contribution in [-0.4, -0.2) is 39.7 Å². The Labute approximate surface area is 110 Å². The number of aromatic nitrogens is 3. The van der Waals surface area contributed by atoms with E-state index in [4.69, 9.17) is 10.6 Å². The second-order valence-corrected chi connectivity index (χ2v) is 5.11. The van der Waals surface area contributed by atoms with Gasteiger partial charge in [-0.05, 0) is 12.8 Å². The first-order valence-electron chi connectivity index (χ1n) is 6.54. The smallest absolute Gasteiger partial charge is 0.180 e. The van der Waals surface area contributed by atoms with Gasteiger partial charge in [0.2, 0.25) is 0 Å². The summed E-state index contributed by atoms with van der Waals surface area (Å²) in [7, 11) is 0. The van der Waals surface area contributed by atoms with Gasteiger partial charge in [-0.1, -0.05) is 0 Å². The lowest BCUT2D eigenvalue weighted by atomic mass is 10.2. The maximum absolute atomic E-state index is 5.86. The molecule has 4 rings (SSSR count). The van der Waals surface area contributed by atoms with Crippen molar-refractivity contribution in [3.8, 4) is 0 Å². The minimum atomic E-state index is 0.324. The normalized spacial score (nSPS) is 26.1. The molecule has 2 aromatic rings. The van der Waals surface area contributed by atoms with Crippen LogP contribution in [0.25, 0.3) is 5.65 Å². The summed E-state index contributed by atoms with van der Waals surface area (Å²) in [6, 6.07) is 0. The summed E-state index contributed by atoms with van der Waals surface area (Å²) in [5, 5.41) is 0. The number of hydrogen-bond donors (Lipinski definition) is 2. The lowest BCUT2D eigenvalue weighted by molar-refractivity contribution is 0.0303. The maximum atomic E-state index is 5.86. The highest BCUT2D eigenvalue weighted by Gasteiger charge is 2.35. The van der Waals surface area contributed by atoms with E-state index >= 15 is 0 Å². The second-order valence-electron chi connectivity index (χ2n) is 5.11. The zero-order valence-corrected chi connectivity index (χ0v) is 10.5. The minimum Gasteiger partial charge on any atom is -0.371 e. The Morgan fingerprint density at radius 3 is 2.84 bits per heavy atom. The number of nitrogens with one attached hydrogen (secondary N) is 1. The van der Waals surface area contributed by atoms with E-state index < -0.39 is 0 Å². The predicted molar refractivity (Wildman–Crippen MR) is 70.9 cm³/mol. The SMILES string of the molecule is NNc1cn2ccnc2c(N2CC3CCC(C2)O3)n1. The molecule has 2 saturated heterocycles. The van der Waals surface area contributed by atoms with Crippen molar-refractivity contribution in [2.45, 2.75) is 25.0 Å². The molecule has 19 heavy (non-hydrogen) atoms. The summed E-state index contributed by atoms with van der Waals surface area (Å²) < 4.78 is 7.80. The fourth-order valence-corrected chi connectivity index (χ4v) is 2.98. The molecule has 0 amide bonds. The number of hydrogen-bond acceptors (Lipinski definition) is 6. The van der Waals surface area contributed by atoms with Crippen LogP contribution >= 0.6 is 0 Å². The van der Waals surface area contributed by atoms with E-state index in [2.05, 4.69) is 20.3 Å². The van der Waals surface area contributed by atoms with E-state index in [0.29, 0.717) is 18.0 Å². The van der Waals surface area contributed by atoms with Crippen LogP contribution in [0.3, 0.4) is 0 Å². The largest absolute Gasteiger partial charge is 0.371 e. The van der Waals surface area contributed by atoms with Crippen LogP contribution < -0.4 is 16.2 Å². The van der Waals surface area contributed by atoms with Gasteiger partial charge in [0.1, 0.15) is 0 Å². The van der Waals surface area contributed by atoms with E-state index in [0.717, 1.165) is 37.4 Å². The van der Waals surface area contributed by atoms with Crippen LogP contribution in [0.2, 0.25) is 0 Å². The quantitative estimate of drug-likeness (QED) is 0.600. The standard InChI is InChI=1S/C12H16N6O/c13-16-10-7-17-4-3-14-11(17)12(15-10)18-5-8-1-2-9(6-18)19-8/h3-4,7-9,16H,1-2,5-6,13H2. The van der Waals surface area contributed by atoms with Gasteiger partial charge in [-0.3, -0.25) is 0 Å². The molecular weight excluding hydrogens is 244 g/mol. The van der Waals surface area contributed by atoms with Gasteiger partial charge in [-0.25, -0.2) is 15.8 Å². The summed E-state index contributed by atoms with van der Waals surface area (Å²) in [5.74, 6) is 7.00. The van der Waals surface area contributed by atoms with E-state index in [-0.39, 0.29) is 0 Å². The highest BCUT2D eigenvalue weighted by atomic mass is 16.5. The van der Waals surface area contributed by atoms with Crippen LogP contribution in [-0.2, 0) is 4.74 Å². The molecule has 7 nitrogen and oxygen atoms in total. The van der Waals surface area contributed by atoms with Gasteiger partial charge in [-0.2, -0.15) is 0 Å². The third-order valence-electron chi connectivity index (χ3n) is 3.85. The average molecular weight is 260 g/mol. The Morgan fingerprint density at radius 2 is 2.11 bits per heavy atom. The van der Waals surface area contributed by atoms with Gasteiger partial charge >= 0.3 is 0 Å². The molecule has 3 N–H and O–H groups in total. The van der Waals surface area contributed by atoms with Crippen molar-refractivity contribution in [2.24, 2.45) is 5.84 Å². The van der Waals surface area contributed by atoms with E-state index in [1.807, 2.05) is 16.8 Å². The van der Waals surface area contributed by atoms with Crippen molar-refractivity contribution < 1.29 is 4.74 Å². The number of rotatable bonds is 2. The monoisotopic (exact) mass is 260 g/mol. The predicted octanol–water partition coefficient (Wildman–Crippen LogP) is 0.382. The number of anilines is 2. The molecule has 0 saturated carbocycles. The van der Waals surface area contributed by atoms with Crippen LogP contribution in [0.4, 0.5) is 11.6 Å². The highest BCUT2D eigenvalue weighted by molar-refractivity contribution is 5.67. The number of ether oxygens (including phenoxy) is 1. The van der Waals surface area contributed by atoms with Crippen LogP contribution in [0, 0.1) is 0 Å². The first kappa shape index (κ1) is 11.0. The van der Waals surface area contributed by atoms with Crippen molar-refractivity contribution in [3.05, 3.63) is 18.6 Å². The van der Waals surface area contributed by atoms with Crippen LogP contribution in [0.1, 0.15) is 12.8 Å². The lowest BCUT2D eigenvalue weighted by Crippen LogP contribution is -2.43. The molecule has 0 radical (unpaired) electrons. The highest BCUT2D eigenvalue weighted by Crippen LogP contribution is 2.30. The number of nitrogen functional groups attached to an aromatic ring is 1. The molecule has 2 aliphatic rings. The Hall–Kier alpha value is -1.86. The summed E-state index contributed by atoms with van der Waals surface area (Å²) in [6.45, 7) is 1.75. The maximum Gasteiger partial charge on any atom is 0.180 e. The number of hydrazine groups is 1. The molecule has 2 atom stereocenters. The number of imidazole rings is 1. The molecule has 2 bridgehead atoms. The molecule has 0 aliphatic carbocycles. The zero-order chi connectivity index (χ0) is 12.8. The Bertz CT molecular complexity index is 599. The molecule has 2 unspecified atom stereocenters. The van der Waals surface area contributed by atoms with Crippen molar-refractivity contribution >= 4 is 17.3 Å². The lowest BCUT2D eigenvalue weighted by Gasteiger charge is -2.33. The first-order chi connectivity index (χ1) is 9.33. The van der Waals surface area contributed by atoms with Crippen LogP contribution in [0.15, 0.2) is 18.6 Å². The van der Waals surface area contributed by atoms with E-state index in [9.17, 15) is 0 Å². The molecule has 100 valence electrons. The van der Waals surface area contributed by atoms with Gasteiger partial charge in [0.05, 0.1) is 18.4 Å². The molecule has 2 fully saturated rings. The summed E-state index contributed by atoms with van der Waals surface area (Å²) in [5.41, 5.74) is 3.47. The summed E-state index contributed by atoms with van der Waals surface area (Å²) in [6.07, 6.45) is 8.43. The summed E-state index contributed by atoms with van der Waals surface area (Å²) >= 11 is 0. The third-order valence-corrected chi connectivity index (χ3v) is 3.85. The second kappa shape index (κ2) is 4.07. The summed E-state index contributed by atoms with van der Waals surface area (Å²) in [4.78, 5) is 11.2. The fraction of sp³-hybridized carbons (Fsp3) is 0.500. The van der Waals surface area contributed by atoms with Gasteiger partial charge in [0.15, 0.2) is 17.3 Å². The Kier molecular flexibility index (Phi) is 2.36.